The maximum Gasteiger partial charge on any atom is 0.240 e. The average molecular weight is 441 g/mol. The third kappa shape index (κ3) is 7.14. The molecule has 1 amide bonds. The van der Waals surface area contributed by atoms with Crippen LogP contribution in [0.5, 0.6) is 11.5 Å². The van der Waals surface area contributed by atoms with Gasteiger partial charge >= 0.3 is 0 Å². The summed E-state index contributed by atoms with van der Waals surface area (Å²) in [4.78, 5) is 12.2. The lowest BCUT2D eigenvalue weighted by Gasteiger charge is -2.22. The fourth-order valence-corrected chi connectivity index (χ4v) is 3.51. The van der Waals surface area contributed by atoms with Gasteiger partial charge in [0.05, 0.1) is 25.1 Å². The highest BCUT2D eigenvalue weighted by molar-refractivity contribution is 7.92. The lowest BCUT2D eigenvalue weighted by molar-refractivity contribution is -0.119. The van der Waals surface area contributed by atoms with E-state index in [2.05, 4.69) is 5.32 Å². The number of anilines is 1. The van der Waals surface area contributed by atoms with Gasteiger partial charge < -0.3 is 14.8 Å². The highest BCUT2D eigenvalue weighted by Crippen LogP contribution is 2.22. The molecule has 9 heteroatoms. The predicted octanol–water partition coefficient (Wildman–Crippen LogP) is 3.01. The van der Waals surface area contributed by atoms with E-state index in [1.54, 1.807) is 36.4 Å². The zero-order chi connectivity index (χ0) is 21.4. The zero-order valence-corrected chi connectivity index (χ0v) is 18.2. The number of carbonyl (C=O) groups is 1. The molecule has 0 aromatic heterocycles. The Hall–Kier alpha value is -2.45. The van der Waals surface area contributed by atoms with Gasteiger partial charge in [0.15, 0.2) is 0 Å². The molecular formula is C20H25ClN2O5S. The number of hydrogen-bond donors (Lipinski definition) is 1. The van der Waals surface area contributed by atoms with E-state index in [-0.39, 0.29) is 19.7 Å². The molecule has 0 aliphatic heterocycles. The molecule has 0 spiro atoms. The number of sulfonamides is 1. The first-order valence-corrected chi connectivity index (χ1v) is 11.3. The molecule has 0 fully saturated rings. The minimum atomic E-state index is -3.63. The third-order valence-corrected chi connectivity index (χ3v) is 5.51. The second-order valence-corrected chi connectivity index (χ2v) is 8.62. The van der Waals surface area contributed by atoms with E-state index in [4.69, 9.17) is 21.1 Å². The van der Waals surface area contributed by atoms with E-state index < -0.39 is 15.9 Å². The van der Waals surface area contributed by atoms with Crippen LogP contribution in [0.2, 0.25) is 5.02 Å². The van der Waals surface area contributed by atoms with Crippen molar-refractivity contribution in [2.24, 2.45) is 0 Å². The van der Waals surface area contributed by atoms with Crippen LogP contribution < -0.4 is 19.1 Å². The number of hydrogen-bond acceptors (Lipinski definition) is 5. The molecule has 29 heavy (non-hydrogen) atoms. The first kappa shape index (κ1) is 22.8. The molecule has 0 unspecified atom stereocenters. The molecule has 0 saturated heterocycles. The Bertz CT molecular complexity index is 932. The normalized spacial score (nSPS) is 11.0. The van der Waals surface area contributed by atoms with Crippen molar-refractivity contribution >= 4 is 33.2 Å². The van der Waals surface area contributed by atoms with E-state index in [0.29, 0.717) is 28.8 Å². The molecule has 0 saturated carbocycles. The molecule has 0 atom stereocenters. The average Bonchev–Trinajstić information content (AvgIpc) is 2.66. The number of benzene rings is 2. The molecular weight excluding hydrogens is 416 g/mol. The number of ether oxygens (including phenoxy) is 2. The summed E-state index contributed by atoms with van der Waals surface area (Å²) < 4.78 is 36.2. The summed E-state index contributed by atoms with van der Waals surface area (Å²) in [7, 11) is -3.63. The molecule has 0 heterocycles. The van der Waals surface area contributed by atoms with Gasteiger partial charge in [-0.2, -0.15) is 0 Å². The molecule has 0 aliphatic rings. The fraction of sp³-hybridized carbons (Fsp3) is 0.350. The van der Waals surface area contributed by atoms with Crippen molar-refractivity contribution in [3.8, 4) is 11.5 Å². The van der Waals surface area contributed by atoms with Crippen LogP contribution in [0, 0.1) is 6.92 Å². The molecule has 0 bridgehead atoms. The molecule has 0 aliphatic carbocycles. The summed E-state index contributed by atoms with van der Waals surface area (Å²) in [6, 6.07) is 11.9. The molecule has 2 aromatic carbocycles. The molecule has 0 radical (unpaired) electrons. The van der Waals surface area contributed by atoms with E-state index in [9.17, 15) is 13.2 Å². The highest BCUT2D eigenvalue weighted by Gasteiger charge is 2.20. The third-order valence-electron chi connectivity index (χ3n) is 3.96. The molecule has 158 valence electrons. The molecule has 7 nitrogen and oxygen atoms in total. The minimum Gasteiger partial charge on any atom is -0.494 e. The predicted molar refractivity (Wildman–Crippen MR) is 114 cm³/mol. The van der Waals surface area contributed by atoms with Crippen LogP contribution in [0.4, 0.5) is 5.69 Å². The highest BCUT2D eigenvalue weighted by atomic mass is 35.5. The van der Waals surface area contributed by atoms with Crippen molar-refractivity contribution in [2.45, 2.75) is 13.8 Å². The Morgan fingerprint density at radius 2 is 1.76 bits per heavy atom. The summed E-state index contributed by atoms with van der Waals surface area (Å²) in [6.45, 7) is 4.39. The lowest BCUT2D eigenvalue weighted by Crippen LogP contribution is -2.41. The monoisotopic (exact) mass is 440 g/mol. The van der Waals surface area contributed by atoms with E-state index >= 15 is 0 Å². The summed E-state index contributed by atoms with van der Waals surface area (Å²) in [5.41, 5.74) is 1.33. The van der Waals surface area contributed by atoms with Gasteiger partial charge in [-0.25, -0.2) is 8.42 Å². The number of nitrogens with one attached hydrogen (secondary N) is 1. The fourth-order valence-electron chi connectivity index (χ4n) is 2.48. The van der Waals surface area contributed by atoms with Crippen molar-refractivity contribution in [1.29, 1.82) is 0 Å². The van der Waals surface area contributed by atoms with Crippen LogP contribution in [0.25, 0.3) is 0 Å². The van der Waals surface area contributed by atoms with Gasteiger partial charge in [-0.3, -0.25) is 9.10 Å². The minimum absolute atomic E-state index is 0.227. The number of nitrogens with zero attached hydrogens (tertiary/aromatic N) is 1. The molecule has 2 aromatic rings. The summed E-state index contributed by atoms with van der Waals surface area (Å²) >= 11 is 6.04. The summed E-state index contributed by atoms with van der Waals surface area (Å²) in [5.74, 6) is 0.791. The maximum atomic E-state index is 12.2. The standard InChI is InChI=1S/C20H25ClN2O5S/c1-4-27-17-9-6-16(7-10-17)23(29(3,25)26)14-20(24)22-11-12-28-18-8-5-15(2)19(21)13-18/h5-10,13H,4,11-12,14H2,1-3H3,(H,22,24). The Morgan fingerprint density at radius 3 is 2.34 bits per heavy atom. The van der Waals surface area contributed by atoms with Crippen molar-refractivity contribution in [3.05, 3.63) is 53.1 Å². The Balaban J connectivity index is 1.90. The molecule has 1 N–H and O–H groups in total. The number of rotatable bonds is 10. The Kier molecular flexibility index (Phi) is 8.16. The van der Waals surface area contributed by atoms with Gasteiger partial charge in [-0.05, 0) is 55.8 Å². The topological polar surface area (TPSA) is 84.9 Å². The van der Waals surface area contributed by atoms with Crippen molar-refractivity contribution in [2.75, 3.05) is 36.9 Å². The first-order valence-electron chi connectivity index (χ1n) is 9.07. The van der Waals surface area contributed by atoms with Crippen LogP contribution in [0.1, 0.15) is 12.5 Å². The van der Waals surface area contributed by atoms with Gasteiger partial charge in [0.2, 0.25) is 15.9 Å². The van der Waals surface area contributed by atoms with Crippen molar-refractivity contribution < 1.29 is 22.7 Å². The van der Waals surface area contributed by atoms with Crippen LogP contribution in [0.3, 0.4) is 0 Å². The zero-order valence-electron chi connectivity index (χ0n) is 16.6. The van der Waals surface area contributed by atoms with E-state index in [1.807, 2.05) is 19.9 Å². The van der Waals surface area contributed by atoms with Crippen molar-refractivity contribution in [3.63, 3.8) is 0 Å². The van der Waals surface area contributed by atoms with Crippen LogP contribution >= 0.6 is 11.6 Å². The van der Waals surface area contributed by atoms with Crippen LogP contribution in [-0.2, 0) is 14.8 Å². The summed E-state index contributed by atoms with van der Waals surface area (Å²) in [6.07, 6.45) is 1.06. The number of halogens is 1. The first-order chi connectivity index (χ1) is 13.7. The van der Waals surface area contributed by atoms with E-state index in [0.717, 1.165) is 16.1 Å². The largest absolute Gasteiger partial charge is 0.494 e. The number of amides is 1. The van der Waals surface area contributed by atoms with Gasteiger partial charge in [0.25, 0.3) is 0 Å². The number of aryl methyl sites for hydroxylation is 1. The smallest absolute Gasteiger partial charge is 0.240 e. The Morgan fingerprint density at radius 1 is 1.10 bits per heavy atom. The quantitative estimate of drug-likeness (QED) is 0.574. The SMILES string of the molecule is CCOc1ccc(N(CC(=O)NCCOc2ccc(C)c(Cl)c2)S(C)(=O)=O)cc1. The van der Waals surface area contributed by atoms with E-state index in [1.165, 1.54) is 0 Å². The molecule has 2 rings (SSSR count). The van der Waals surface area contributed by atoms with Gasteiger partial charge in [0.1, 0.15) is 24.7 Å². The number of carbonyl (C=O) groups excluding carboxylic acids is 1. The van der Waals surface area contributed by atoms with Gasteiger partial charge in [0, 0.05) is 5.02 Å². The van der Waals surface area contributed by atoms with Crippen LogP contribution in [-0.4, -0.2) is 46.9 Å². The second-order valence-electron chi connectivity index (χ2n) is 6.31. The summed E-state index contributed by atoms with van der Waals surface area (Å²) in [5, 5.41) is 3.26. The maximum absolute atomic E-state index is 12.2. The van der Waals surface area contributed by atoms with Crippen LogP contribution in [0.15, 0.2) is 42.5 Å². The van der Waals surface area contributed by atoms with Gasteiger partial charge in [-0.1, -0.05) is 17.7 Å². The van der Waals surface area contributed by atoms with Crippen molar-refractivity contribution in [1.82, 2.24) is 5.32 Å². The Labute approximate surface area is 176 Å². The van der Waals surface area contributed by atoms with Gasteiger partial charge in [-0.15, -0.1) is 0 Å². The lowest BCUT2D eigenvalue weighted by atomic mass is 10.2. The second kappa shape index (κ2) is 10.4.